The van der Waals surface area contributed by atoms with Crippen LogP contribution < -0.4 is 5.32 Å². The molecule has 1 aromatic rings. The highest BCUT2D eigenvalue weighted by molar-refractivity contribution is 5.37. The minimum Gasteiger partial charge on any atom is -0.508 e. The average Bonchev–Trinajstić information content (AvgIpc) is 2.21. The molecular weight excluding hydrogens is 190 g/mol. The van der Waals surface area contributed by atoms with Crippen molar-refractivity contribution >= 4 is 0 Å². The maximum Gasteiger partial charge on any atom is 0.120 e. The summed E-state index contributed by atoms with van der Waals surface area (Å²) in [6, 6.07) is 5.59. The van der Waals surface area contributed by atoms with E-state index in [-0.39, 0.29) is 18.7 Å². The molecule has 0 radical (unpaired) electrons. The third-order valence-electron chi connectivity index (χ3n) is 2.46. The first-order valence-electron chi connectivity index (χ1n) is 5.21. The SMILES string of the molecule is Cc1ccc(O)c(C(C)NC(C)CO)c1. The van der Waals surface area contributed by atoms with Gasteiger partial charge in [-0.05, 0) is 26.8 Å². The second-order valence-electron chi connectivity index (χ2n) is 4.03. The van der Waals surface area contributed by atoms with Crippen molar-refractivity contribution in [1.82, 2.24) is 5.32 Å². The molecule has 0 aliphatic rings. The number of aliphatic hydroxyl groups excluding tert-OH is 1. The van der Waals surface area contributed by atoms with Crippen LogP contribution in [0.4, 0.5) is 0 Å². The molecule has 0 saturated heterocycles. The van der Waals surface area contributed by atoms with E-state index in [1.807, 2.05) is 32.9 Å². The summed E-state index contributed by atoms with van der Waals surface area (Å²) in [5.74, 6) is 0.297. The van der Waals surface area contributed by atoms with E-state index in [2.05, 4.69) is 5.32 Å². The van der Waals surface area contributed by atoms with Gasteiger partial charge in [0, 0.05) is 17.6 Å². The molecule has 3 N–H and O–H groups in total. The van der Waals surface area contributed by atoms with Gasteiger partial charge >= 0.3 is 0 Å². The van der Waals surface area contributed by atoms with Crippen LogP contribution in [0.25, 0.3) is 0 Å². The quantitative estimate of drug-likeness (QED) is 0.708. The van der Waals surface area contributed by atoms with Crippen LogP contribution in [0.15, 0.2) is 18.2 Å². The van der Waals surface area contributed by atoms with Crippen LogP contribution in [0.2, 0.25) is 0 Å². The third-order valence-corrected chi connectivity index (χ3v) is 2.46. The number of nitrogens with one attached hydrogen (secondary N) is 1. The van der Waals surface area contributed by atoms with E-state index in [1.54, 1.807) is 6.07 Å². The molecular formula is C12H19NO2. The van der Waals surface area contributed by atoms with Crippen molar-refractivity contribution in [3.63, 3.8) is 0 Å². The highest BCUT2D eigenvalue weighted by atomic mass is 16.3. The van der Waals surface area contributed by atoms with Gasteiger partial charge in [0.05, 0.1) is 6.61 Å². The van der Waals surface area contributed by atoms with Gasteiger partial charge in [-0.2, -0.15) is 0 Å². The Hall–Kier alpha value is -1.06. The second-order valence-corrected chi connectivity index (χ2v) is 4.03. The van der Waals surface area contributed by atoms with Gasteiger partial charge in [0.15, 0.2) is 0 Å². The zero-order valence-corrected chi connectivity index (χ0v) is 9.49. The summed E-state index contributed by atoms with van der Waals surface area (Å²) in [4.78, 5) is 0. The number of hydrogen-bond donors (Lipinski definition) is 3. The van der Waals surface area contributed by atoms with E-state index in [1.165, 1.54) is 0 Å². The molecule has 0 spiro atoms. The van der Waals surface area contributed by atoms with E-state index >= 15 is 0 Å². The number of aliphatic hydroxyl groups is 1. The van der Waals surface area contributed by atoms with E-state index in [4.69, 9.17) is 5.11 Å². The average molecular weight is 209 g/mol. The summed E-state index contributed by atoms with van der Waals surface area (Å²) >= 11 is 0. The summed E-state index contributed by atoms with van der Waals surface area (Å²) in [6.07, 6.45) is 0. The molecule has 1 rings (SSSR count). The number of phenolic OH excluding ortho intramolecular Hbond substituents is 1. The second kappa shape index (κ2) is 5.14. The zero-order valence-electron chi connectivity index (χ0n) is 9.49. The molecule has 0 fully saturated rings. The highest BCUT2D eigenvalue weighted by Gasteiger charge is 2.12. The molecule has 2 atom stereocenters. The molecule has 0 bridgehead atoms. The molecule has 0 aliphatic heterocycles. The van der Waals surface area contributed by atoms with Crippen LogP contribution in [0.1, 0.15) is 31.0 Å². The Morgan fingerprint density at radius 3 is 2.60 bits per heavy atom. The first kappa shape index (κ1) is 12.0. The Labute approximate surface area is 90.8 Å². The smallest absolute Gasteiger partial charge is 0.120 e. The number of hydrogen-bond acceptors (Lipinski definition) is 3. The number of phenols is 1. The van der Waals surface area contributed by atoms with Crippen LogP contribution in [0.3, 0.4) is 0 Å². The molecule has 0 aliphatic carbocycles. The van der Waals surface area contributed by atoms with Crippen molar-refractivity contribution in [3.8, 4) is 5.75 Å². The Bertz CT molecular complexity index is 325. The van der Waals surface area contributed by atoms with Crippen molar-refractivity contribution in [2.24, 2.45) is 0 Å². The van der Waals surface area contributed by atoms with Crippen molar-refractivity contribution in [1.29, 1.82) is 0 Å². The van der Waals surface area contributed by atoms with Gasteiger partial charge < -0.3 is 15.5 Å². The maximum absolute atomic E-state index is 9.69. The van der Waals surface area contributed by atoms with E-state index in [9.17, 15) is 5.11 Å². The van der Waals surface area contributed by atoms with Crippen LogP contribution in [0, 0.1) is 6.92 Å². The number of benzene rings is 1. The molecule has 0 saturated carbocycles. The molecule has 2 unspecified atom stereocenters. The molecule has 3 heteroatoms. The van der Waals surface area contributed by atoms with Gasteiger partial charge in [-0.15, -0.1) is 0 Å². The Morgan fingerprint density at radius 2 is 2.00 bits per heavy atom. The summed E-state index contributed by atoms with van der Waals surface area (Å²) in [5, 5.41) is 21.8. The van der Waals surface area contributed by atoms with Gasteiger partial charge in [0.2, 0.25) is 0 Å². The minimum atomic E-state index is 0.0277. The van der Waals surface area contributed by atoms with Crippen LogP contribution in [0.5, 0.6) is 5.75 Å². The first-order valence-corrected chi connectivity index (χ1v) is 5.21. The van der Waals surface area contributed by atoms with Crippen molar-refractivity contribution in [3.05, 3.63) is 29.3 Å². The zero-order chi connectivity index (χ0) is 11.4. The molecule has 3 nitrogen and oxygen atoms in total. The van der Waals surface area contributed by atoms with Gasteiger partial charge in [-0.1, -0.05) is 17.7 Å². The van der Waals surface area contributed by atoms with Crippen LogP contribution in [-0.2, 0) is 0 Å². The summed E-state index contributed by atoms with van der Waals surface area (Å²) in [6.45, 7) is 5.96. The first-order chi connectivity index (χ1) is 7.04. The maximum atomic E-state index is 9.69. The van der Waals surface area contributed by atoms with Gasteiger partial charge in [0.25, 0.3) is 0 Å². The van der Waals surface area contributed by atoms with E-state index in [0.29, 0.717) is 5.75 Å². The molecule has 0 aromatic heterocycles. The lowest BCUT2D eigenvalue weighted by Crippen LogP contribution is -2.31. The highest BCUT2D eigenvalue weighted by Crippen LogP contribution is 2.25. The Morgan fingerprint density at radius 1 is 1.33 bits per heavy atom. The van der Waals surface area contributed by atoms with Crippen molar-refractivity contribution < 1.29 is 10.2 Å². The van der Waals surface area contributed by atoms with Gasteiger partial charge in [0.1, 0.15) is 5.75 Å². The predicted molar refractivity (Wildman–Crippen MR) is 60.9 cm³/mol. The molecule has 0 heterocycles. The molecule has 1 aromatic carbocycles. The Balaban J connectivity index is 2.80. The summed E-state index contributed by atoms with van der Waals surface area (Å²) in [5.41, 5.74) is 1.99. The standard InChI is InChI=1S/C12H19NO2/c1-8-4-5-12(15)11(6-8)10(3)13-9(2)7-14/h4-6,9-10,13-15H,7H2,1-3H3. The molecule has 84 valence electrons. The lowest BCUT2D eigenvalue weighted by atomic mass is 10.0. The summed E-state index contributed by atoms with van der Waals surface area (Å²) < 4.78 is 0. The molecule has 15 heavy (non-hydrogen) atoms. The fourth-order valence-corrected chi connectivity index (χ4v) is 1.59. The normalized spacial score (nSPS) is 14.9. The van der Waals surface area contributed by atoms with Gasteiger partial charge in [-0.3, -0.25) is 0 Å². The van der Waals surface area contributed by atoms with E-state index in [0.717, 1.165) is 11.1 Å². The number of aryl methyl sites for hydroxylation is 1. The topological polar surface area (TPSA) is 52.5 Å². The number of aromatic hydroxyl groups is 1. The van der Waals surface area contributed by atoms with Crippen LogP contribution >= 0.6 is 0 Å². The van der Waals surface area contributed by atoms with Crippen LogP contribution in [-0.4, -0.2) is 22.9 Å². The lowest BCUT2D eigenvalue weighted by Gasteiger charge is -2.19. The summed E-state index contributed by atoms with van der Waals surface area (Å²) in [7, 11) is 0. The third kappa shape index (κ3) is 3.22. The fourth-order valence-electron chi connectivity index (χ4n) is 1.59. The molecule has 0 amide bonds. The number of rotatable bonds is 4. The van der Waals surface area contributed by atoms with Crippen molar-refractivity contribution in [2.45, 2.75) is 32.9 Å². The van der Waals surface area contributed by atoms with Crippen molar-refractivity contribution in [2.75, 3.05) is 6.61 Å². The monoisotopic (exact) mass is 209 g/mol. The minimum absolute atomic E-state index is 0.0277. The predicted octanol–water partition coefficient (Wildman–Crippen LogP) is 1.73. The Kier molecular flexibility index (Phi) is 4.12. The lowest BCUT2D eigenvalue weighted by molar-refractivity contribution is 0.242. The largest absolute Gasteiger partial charge is 0.508 e. The van der Waals surface area contributed by atoms with Gasteiger partial charge in [-0.25, -0.2) is 0 Å². The fraction of sp³-hybridized carbons (Fsp3) is 0.500. The van der Waals surface area contributed by atoms with E-state index < -0.39 is 0 Å².